The predicted molar refractivity (Wildman–Crippen MR) is 69.8 cm³/mol. The topological polar surface area (TPSA) is 64.7 Å². The molecule has 0 fully saturated rings. The van der Waals surface area contributed by atoms with Gasteiger partial charge in [0.25, 0.3) is 0 Å². The van der Waals surface area contributed by atoms with Gasteiger partial charge in [-0.25, -0.2) is 15.0 Å². The van der Waals surface area contributed by atoms with Gasteiger partial charge in [0.15, 0.2) is 5.13 Å². The second-order valence-corrected chi connectivity index (χ2v) is 4.90. The number of hydrogen-bond acceptors (Lipinski definition) is 5. The van der Waals surface area contributed by atoms with E-state index < -0.39 is 0 Å². The van der Waals surface area contributed by atoms with Crippen LogP contribution >= 0.6 is 11.3 Å². The molecule has 0 unspecified atom stereocenters. The summed E-state index contributed by atoms with van der Waals surface area (Å²) in [6.45, 7) is 2.06. The number of nitrogens with zero attached hydrogens (tertiary/aromatic N) is 3. The third-order valence-corrected chi connectivity index (χ3v) is 3.36. The molecule has 0 bridgehead atoms. The molecule has 0 aliphatic heterocycles. The van der Waals surface area contributed by atoms with Crippen molar-refractivity contribution >= 4 is 26.7 Å². The van der Waals surface area contributed by atoms with E-state index in [1.54, 1.807) is 12.4 Å². The predicted octanol–water partition coefficient (Wildman–Crippen LogP) is 2.64. The van der Waals surface area contributed by atoms with Crippen LogP contribution in [0.5, 0.6) is 0 Å². The lowest BCUT2D eigenvalue weighted by Gasteiger charge is -2.03. The fourth-order valence-corrected chi connectivity index (χ4v) is 2.70. The summed E-state index contributed by atoms with van der Waals surface area (Å²) in [6.07, 6.45) is 5.10. The first-order valence-corrected chi connectivity index (χ1v) is 5.98. The van der Waals surface area contributed by atoms with E-state index in [0.29, 0.717) is 5.13 Å². The second kappa shape index (κ2) is 3.78. The molecule has 3 rings (SSSR count). The summed E-state index contributed by atoms with van der Waals surface area (Å²) >= 11 is 1.50. The van der Waals surface area contributed by atoms with Crippen LogP contribution in [0.2, 0.25) is 0 Å². The number of anilines is 1. The molecule has 5 heteroatoms. The molecule has 2 heterocycles. The van der Waals surface area contributed by atoms with Crippen molar-refractivity contribution in [1.29, 1.82) is 0 Å². The van der Waals surface area contributed by atoms with Crippen molar-refractivity contribution in [2.24, 2.45) is 0 Å². The summed E-state index contributed by atoms with van der Waals surface area (Å²) in [4.78, 5) is 12.4. The highest BCUT2D eigenvalue weighted by Crippen LogP contribution is 2.33. The van der Waals surface area contributed by atoms with Gasteiger partial charge in [-0.3, -0.25) is 0 Å². The fraction of sp³-hybridized carbons (Fsp3) is 0.0833. The van der Waals surface area contributed by atoms with Crippen LogP contribution in [0, 0.1) is 6.92 Å². The highest BCUT2D eigenvalue weighted by molar-refractivity contribution is 7.22. The average molecular weight is 242 g/mol. The molecule has 3 aromatic rings. The number of rotatable bonds is 1. The minimum Gasteiger partial charge on any atom is -0.375 e. The Hall–Kier alpha value is -2.01. The van der Waals surface area contributed by atoms with Crippen molar-refractivity contribution < 1.29 is 0 Å². The van der Waals surface area contributed by atoms with E-state index in [0.717, 1.165) is 21.3 Å². The number of thiazole rings is 1. The summed E-state index contributed by atoms with van der Waals surface area (Å²) in [5.41, 5.74) is 9.87. The molecule has 2 aromatic heterocycles. The first kappa shape index (κ1) is 10.2. The Labute approximate surface area is 102 Å². The molecule has 0 atom stereocenters. The molecule has 84 valence electrons. The molecule has 0 amide bonds. The maximum Gasteiger partial charge on any atom is 0.181 e. The van der Waals surface area contributed by atoms with Gasteiger partial charge in [0.2, 0.25) is 0 Å². The van der Waals surface area contributed by atoms with E-state index in [1.807, 2.05) is 0 Å². The van der Waals surface area contributed by atoms with Crippen molar-refractivity contribution in [2.75, 3.05) is 5.73 Å². The van der Waals surface area contributed by atoms with Crippen molar-refractivity contribution in [2.45, 2.75) is 6.92 Å². The van der Waals surface area contributed by atoms with Crippen LogP contribution < -0.4 is 5.73 Å². The van der Waals surface area contributed by atoms with Gasteiger partial charge in [0, 0.05) is 23.5 Å². The number of hydrogen-bond donors (Lipinski definition) is 1. The molecule has 2 N–H and O–H groups in total. The minimum absolute atomic E-state index is 0.587. The highest BCUT2D eigenvalue weighted by Gasteiger charge is 2.09. The monoisotopic (exact) mass is 242 g/mol. The molecule has 0 saturated heterocycles. The van der Waals surface area contributed by atoms with E-state index in [-0.39, 0.29) is 0 Å². The smallest absolute Gasteiger partial charge is 0.181 e. The first-order chi connectivity index (χ1) is 8.24. The minimum atomic E-state index is 0.587. The molecule has 0 spiro atoms. The molecule has 0 saturated carbocycles. The molecule has 0 radical (unpaired) electrons. The van der Waals surface area contributed by atoms with Gasteiger partial charge < -0.3 is 5.73 Å². The summed E-state index contributed by atoms with van der Waals surface area (Å²) in [6, 6.07) is 4.18. The van der Waals surface area contributed by atoms with Crippen LogP contribution in [-0.4, -0.2) is 15.0 Å². The third kappa shape index (κ3) is 1.74. The lowest BCUT2D eigenvalue weighted by Crippen LogP contribution is -1.86. The maximum absolute atomic E-state index is 5.76. The Bertz CT molecular complexity index is 676. The SMILES string of the molecule is Cc1cc(-c2cncnc2)c2nc(N)sc2c1. The summed E-state index contributed by atoms with van der Waals surface area (Å²) in [5.74, 6) is 0. The number of fused-ring (bicyclic) bond motifs is 1. The largest absolute Gasteiger partial charge is 0.375 e. The van der Waals surface area contributed by atoms with Crippen molar-refractivity contribution in [1.82, 2.24) is 15.0 Å². The number of benzene rings is 1. The Morgan fingerprint density at radius 2 is 1.94 bits per heavy atom. The fourth-order valence-electron chi connectivity index (χ4n) is 1.84. The van der Waals surface area contributed by atoms with Crippen LogP contribution in [0.4, 0.5) is 5.13 Å². The van der Waals surface area contributed by atoms with Gasteiger partial charge >= 0.3 is 0 Å². The van der Waals surface area contributed by atoms with Crippen LogP contribution in [-0.2, 0) is 0 Å². The van der Waals surface area contributed by atoms with E-state index >= 15 is 0 Å². The summed E-state index contributed by atoms with van der Waals surface area (Å²) in [7, 11) is 0. The van der Waals surface area contributed by atoms with Gasteiger partial charge in [-0.2, -0.15) is 0 Å². The zero-order valence-electron chi connectivity index (χ0n) is 9.21. The van der Waals surface area contributed by atoms with E-state index in [2.05, 4.69) is 34.0 Å². The number of nitrogens with two attached hydrogens (primary N) is 1. The van der Waals surface area contributed by atoms with Crippen molar-refractivity contribution in [3.05, 3.63) is 36.4 Å². The maximum atomic E-state index is 5.76. The Morgan fingerprint density at radius 3 is 2.71 bits per heavy atom. The quantitative estimate of drug-likeness (QED) is 0.712. The normalized spacial score (nSPS) is 10.9. The van der Waals surface area contributed by atoms with E-state index in [4.69, 9.17) is 5.73 Å². The first-order valence-electron chi connectivity index (χ1n) is 5.16. The van der Waals surface area contributed by atoms with E-state index in [1.165, 1.54) is 23.2 Å². The zero-order valence-corrected chi connectivity index (χ0v) is 10.0. The van der Waals surface area contributed by atoms with Gasteiger partial charge in [-0.15, -0.1) is 0 Å². The van der Waals surface area contributed by atoms with Crippen molar-refractivity contribution in [3.8, 4) is 11.1 Å². The van der Waals surface area contributed by atoms with Gasteiger partial charge in [0.1, 0.15) is 6.33 Å². The van der Waals surface area contributed by atoms with Crippen LogP contribution in [0.15, 0.2) is 30.9 Å². The average Bonchev–Trinajstić information content (AvgIpc) is 2.69. The Kier molecular flexibility index (Phi) is 2.26. The Morgan fingerprint density at radius 1 is 1.18 bits per heavy atom. The lowest BCUT2D eigenvalue weighted by atomic mass is 10.1. The molecule has 1 aromatic carbocycles. The Balaban J connectivity index is 2.35. The lowest BCUT2D eigenvalue weighted by molar-refractivity contribution is 1.17. The van der Waals surface area contributed by atoms with Crippen LogP contribution in [0.3, 0.4) is 0 Å². The number of aryl methyl sites for hydroxylation is 1. The number of nitrogen functional groups attached to an aromatic ring is 1. The summed E-state index contributed by atoms with van der Waals surface area (Å²) < 4.78 is 1.10. The molecule has 0 aliphatic carbocycles. The highest BCUT2D eigenvalue weighted by atomic mass is 32.1. The molecule has 0 aliphatic rings. The summed E-state index contributed by atoms with van der Waals surface area (Å²) in [5, 5.41) is 0.587. The number of aromatic nitrogens is 3. The molecular weight excluding hydrogens is 232 g/mol. The zero-order chi connectivity index (χ0) is 11.8. The van der Waals surface area contributed by atoms with Crippen LogP contribution in [0.1, 0.15) is 5.56 Å². The van der Waals surface area contributed by atoms with Gasteiger partial charge in [0.05, 0.1) is 10.2 Å². The van der Waals surface area contributed by atoms with Gasteiger partial charge in [-0.1, -0.05) is 11.3 Å². The molecule has 4 nitrogen and oxygen atoms in total. The standard InChI is InChI=1S/C12H10N4S/c1-7-2-9(8-4-14-6-15-5-8)11-10(3-7)17-12(13)16-11/h2-6H,1H3,(H2,13,16). The molecule has 17 heavy (non-hydrogen) atoms. The van der Waals surface area contributed by atoms with E-state index in [9.17, 15) is 0 Å². The molecular formula is C12H10N4S. The third-order valence-electron chi connectivity index (χ3n) is 2.53. The van der Waals surface area contributed by atoms with Gasteiger partial charge in [-0.05, 0) is 24.6 Å². The second-order valence-electron chi connectivity index (χ2n) is 3.84. The van der Waals surface area contributed by atoms with Crippen molar-refractivity contribution in [3.63, 3.8) is 0 Å². The van der Waals surface area contributed by atoms with Crippen LogP contribution in [0.25, 0.3) is 21.3 Å².